The van der Waals surface area contributed by atoms with Crippen molar-refractivity contribution in [2.45, 2.75) is 12.8 Å². The number of carboxylic acid groups (broad SMARTS) is 1. The molecule has 118 valence electrons. The molecule has 0 aromatic heterocycles. The van der Waals surface area contributed by atoms with E-state index in [4.69, 9.17) is 9.84 Å². The van der Waals surface area contributed by atoms with Gasteiger partial charge in [0.05, 0.1) is 12.0 Å². The van der Waals surface area contributed by atoms with Crippen LogP contribution in [0.25, 0.3) is 0 Å². The molecule has 0 atom stereocenters. The van der Waals surface area contributed by atoms with Crippen molar-refractivity contribution in [2.75, 3.05) is 0 Å². The first-order chi connectivity index (χ1) is 10.2. The maximum atomic E-state index is 11.9. The average Bonchev–Trinajstić information content (AvgIpc) is 2.39. The van der Waals surface area contributed by atoms with Crippen LogP contribution in [0.1, 0.15) is 6.42 Å². The number of carbonyl (C=O) groups excluding carboxylic acids is 2. The summed E-state index contributed by atoms with van der Waals surface area (Å²) in [5, 5.41) is 8.54. The highest BCUT2D eigenvalue weighted by Gasteiger charge is 2.31. The Bertz CT molecular complexity index is 589. The molecule has 22 heavy (non-hydrogen) atoms. The van der Waals surface area contributed by atoms with Crippen molar-refractivity contribution < 1.29 is 42.1 Å². The van der Waals surface area contributed by atoms with Gasteiger partial charge in [-0.1, -0.05) is 6.08 Å². The largest absolute Gasteiger partial charge is 0.573 e. The number of benzene rings is 1. The molecule has 0 saturated carbocycles. The number of alkyl halides is 3. The van der Waals surface area contributed by atoms with Crippen LogP contribution in [0.5, 0.6) is 11.5 Å². The molecule has 1 aromatic carbocycles. The Morgan fingerprint density at radius 2 is 1.68 bits per heavy atom. The zero-order valence-electron chi connectivity index (χ0n) is 10.8. The van der Waals surface area contributed by atoms with E-state index in [1.54, 1.807) is 0 Å². The predicted octanol–water partition coefficient (Wildman–Crippen LogP) is 2.09. The predicted molar refractivity (Wildman–Crippen MR) is 65.2 cm³/mol. The van der Waals surface area contributed by atoms with Gasteiger partial charge < -0.3 is 14.6 Å². The van der Waals surface area contributed by atoms with Crippen molar-refractivity contribution in [3.8, 4) is 11.5 Å². The third-order valence-electron chi connectivity index (χ3n) is 2.15. The second-order valence-corrected chi connectivity index (χ2v) is 3.78. The van der Waals surface area contributed by atoms with Crippen LogP contribution >= 0.6 is 0 Å². The van der Waals surface area contributed by atoms with Crippen molar-refractivity contribution >= 4 is 18.2 Å². The molecular formula is C13H9F3O6. The van der Waals surface area contributed by atoms with E-state index in [0.717, 1.165) is 30.3 Å². The summed E-state index contributed by atoms with van der Waals surface area (Å²) in [4.78, 5) is 32.2. The van der Waals surface area contributed by atoms with Crippen molar-refractivity contribution in [3.63, 3.8) is 0 Å². The topological polar surface area (TPSA) is 89.9 Å². The number of hydrogen-bond acceptors (Lipinski definition) is 5. The van der Waals surface area contributed by atoms with Crippen LogP contribution in [0, 0.1) is 0 Å². The number of hydrogen-bond donors (Lipinski definition) is 1. The molecule has 0 bridgehead atoms. The molecule has 0 heterocycles. The molecule has 0 aliphatic rings. The summed E-state index contributed by atoms with van der Waals surface area (Å²) in [5.41, 5.74) is -0.606. The number of carboxylic acids is 1. The minimum Gasteiger partial charge on any atom is -0.478 e. The molecule has 0 fully saturated rings. The van der Waals surface area contributed by atoms with Gasteiger partial charge in [0.2, 0.25) is 0 Å². The second kappa shape index (κ2) is 7.25. The van der Waals surface area contributed by atoms with Gasteiger partial charge in [-0.2, -0.15) is 0 Å². The average molecular weight is 318 g/mol. The second-order valence-electron chi connectivity index (χ2n) is 3.78. The van der Waals surface area contributed by atoms with Gasteiger partial charge in [0.25, 0.3) is 0 Å². The number of ether oxygens (including phenoxy) is 2. The van der Waals surface area contributed by atoms with Crippen LogP contribution in [0.3, 0.4) is 0 Å². The van der Waals surface area contributed by atoms with Gasteiger partial charge in [-0.15, -0.1) is 13.2 Å². The van der Waals surface area contributed by atoms with E-state index in [1.165, 1.54) is 0 Å². The van der Waals surface area contributed by atoms with Gasteiger partial charge in [-0.25, -0.2) is 4.79 Å². The third kappa shape index (κ3) is 6.07. The number of rotatable bonds is 6. The van der Waals surface area contributed by atoms with E-state index in [0.29, 0.717) is 0 Å². The Morgan fingerprint density at radius 1 is 1.14 bits per heavy atom. The fraction of sp³-hybridized carbons (Fsp3) is 0.154. The smallest absolute Gasteiger partial charge is 0.478 e. The van der Waals surface area contributed by atoms with Crippen LogP contribution in [-0.4, -0.2) is 29.7 Å². The van der Waals surface area contributed by atoms with Crippen molar-refractivity contribution in [2.24, 2.45) is 0 Å². The molecule has 1 aromatic rings. The lowest BCUT2D eigenvalue weighted by Gasteiger charge is -2.09. The van der Waals surface area contributed by atoms with E-state index in [1.807, 2.05) is 0 Å². The first-order valence-electron chi connectivity index (χ1n) is 5.66. The highest BCUT2D eigenvalue weighted by atomic mass is 19.4. The summed E-state index contributed by atoms with van der Waals surface area (Å²) >= 11 is 0. The van der Waals surface area contributed by atoms with Crippen molar-refractivity contribution in [1.82, 2.24) is 0 Å². The molecule has 1 N–H and O–H groups in total. The lowest BCUT2D eigenvalue weighted by molar-refractivity contribution is -0.274. The number of aliphatic carboxylic acids is 1. The van der Waals surface area contributed by atoms with Crippen LogP contribution in [-0.2, 0) is 14.4 Å². The van der Waals surface area contributed by atoms with Crippen LogP contribution in [0.4, 0.5) is 13.2 Å². The molecular weight excluding hydrogens is 309 g/mol. The van der Waals surface area contributed by atoms with Crippen LogP contribution < -0.4 is 9.47 Å². The summed E-state index contributed by atoms with van der Waals surface area (Å²) < 4.78 is 44.2. The zero-order chi connectivity index (χ0) is 16.8. The van der Waals surface area contributed by atoms with Crippen molar-refractivity contribution in [1.29, 1.82) is 0 Å². The first kappa shape index (κ1) is 17.2. The van der Waals surface area contributed by atoms with E-state index >= 15 is 0 Å². The van der Waals surface area contributed by atoms with E-state index in [-0.39, 0.29) is 12.0 Å². The van der Waals surface area contributed by atoms with Crippen molar-refractivity contribution in [3.05, 3.63) is 35.9 Å². The SMILES string of the molecule is O=CC(=CCC(=O)Oc1ccc(OC(F)(F)F)cc1)C(=O)O. The molecule has 0 aliphatic carbocycles. The molecule has 0 spiro atoms. The van der Waals surface area contributed by atoms with Gasteiger partial charge in [0.15, 0.2) is 6.29 Å². The quantitative estimate of drug-likeness (QED) is 0.216. The number of halogens is 3. The Balaban J connectivity index is 2.62. The highest BCUT2D eigenvalue weighted by molar-refractivity contribution is 6.06. The van der Waals surface area contributed by atoms with Gasteiger partial charge in [0.1, 0.15) is 11.5 Å². The summed E-state index contributed by atoms with van der Waals surface area (Å²) in [6.07, 6.45) is -4.39. The molecule has 1 rings (SSSR count). The summed E-state index contributed by atoms with van der Waals surface area (Å²) in [7, 11) is 0. The van der Waals surface area contributed by atoms with Gasteiger partial charge >= 0.3 is 18.3 Å². The minimum absolute atomic E-state index is 0.0593. The maximum Gasteiger partial charge on any atom is 0.573 e. The fourth-order valence-corrected chi connectivity index (χ4v) is 1.26. The fourth-order valence-electron chi connectivity index (χ4n) is 1.26. The molecule has 0 saturated heterocycles. The summed E-state index contributed by atoms with van der Waals surface area (Å²) in [5.74, 6) is -2.92. The lowest BCUT2D eigenvalue weighted by atomic mass is 10.2. The Kier molecular flexibility index (Phi) is 5.67. The molecule has 0 radical (unpaired) electrons. The van der Waals surface area contributed by atoms with E-state index in [9.17, 15) is 27.6 Å². The van der Waals surface area contributed by atoms with Crippen LogP contribution in [0.2, 0.25) is 0 Å². The lowest BCUT2D eigenvalue weighted by Crippen LogP contribution is -2.17. The normalized spacial score (nSPS) is 11.7. The Labute approximate surface area is 121 Å². The van der Waals surface area contributed by atoms with Gasteiger partial charge in [-0.3, -0.25) is 9.59 Å². The van der Waals surface area contributed by atoms with Gasteiger partial charge in [-0.05, 0) is 24.3 Å². The molecule has 0 amide bonds. The standard InChI is InChI=1S/C13H9F3O6/c14-13(15,16)22-10-4-2-9(3-5-10)21-11(18)6-1-8(7-17)12(19)20/h1-5,7H,6H2,(H,19,20). The first-order valence-corrected chi connectivity index (χ1v) is 5.66. The third-order valence-corrected chi connectivity index (χ3v) is 2.15. The minimum atomic E-state index is -4.83. The molecule has 9 heteroatoms. The van der Waals surface area contributed by atoms with Crippen LogP contribution in [0.15, 0.2) is 35.9 Å². The monoisotopic (exact) mass is 318 g/mol. The number of aldehydes is 1. The molecule has 6 nitrogen and oxygen atoms in total. The summed E-state index contributed by atoms with van der Waals surface area (Å²) in [6, 6.07) is 4.03. The zero-order valence-corrected chi connectivity index (χ0v) is 10.8. The Morgan fingerprint density at radius 3 is 2.14 bits per heavy atom. The maximum absolute atomic E-state index is 11.9. The van der Waals surface area contributed by atoms with E-state index < -0.39 is 36.0 Å². The molecule has 0 unspecified atom stereocenters. The van der Waals surface area contributed by atoms with E-state index in [2.05, 4.69) is 4.74 Å². The van der Waals surface area contributed by atoms with Gasteiger partial charge in [0, 0.05) is 0 Å². The Hall–Kier alpha value is -2.84. The highest BCUT2D eigenvalue weighted by Crippen LogP contribution is 2.24. The number of carbonyl (C=O) groups is 3. The summed E-state index contributed by atoms with van der Waals surface area (Å²) in [6.45, 7) is 0. The molecule has 0 aliphatic heterocycles. The number of esters is 1.